The summed E-state index contributed by atoms with van der Waals surface area (Å²) in [7, 11) is 0. The van der Waals surface area contributed by atoms with E-state index in [1.165, 1.54) is 18.3 Å². The van der Waals surface area contributed by atoms with E-state index in [2.05, 4.69) is 10.1 Å². The second kappa shape index (κ2) is 7.62. The highest BCUT2D eigenvalue weighted by molar-refractivity contribution is 5.98. The van der Waals surface area contributed by atoms with E-state index in [9.17, 15) is 31.1 Å². The summed E-state index contributed by atoms with van der Waals surface area (Å²) in [5, 5.41) is 13.0. The molecular formula is C19H10F6N4O. The molecule has 3 rings (SSSR count). The molecule has 3 aromatic rings. The first-order valence-corrected chi connectivity index (χ1v) is 8.23. The second-order valence-corrected chi connectivity index (χ2v) is 6.07. The third-order valence-corrected chi connectivity index (χ3v) is 4.02. The fourth-order valence-electron chi connectivity index (χ4n) is 2.68. The zero-order valence-electron chi connectivity index (χ0n) is 14.8. The summed E-state index contributed by atoms with van der Waals surface area (Å²) >= 11 is 0. The molecule has 30 heavy (non-hydrogen) atoms. The van der Waals surface area contributed by atoms with E-state index >= 15 is 0 Å². The lowest BCUT2D eigenvalue weighted by Crippen LogP contribution is -2.15. The van der Waals surface area contributed by atoms with Crippen LogP contribution in [0.4, 0.5) is 26.3 Å². The van der Waals surface area contributed by atoms with Crippen molar-refractivity contribution in [3.63, 3.8) is 0 Å². The summed E-state index contributed by atoms with van der Waals surface area (Å²) in [6, 6.07) is 8.75. The number of carbonyl (C=O) groups is 1. The number of Topliss-reactive ketones (excluding diaryl/α,β-unsaturated/α-hetero) is 1. The van der Waals surface area contributed by atoms with Crippen LogP contribution in [0.1, 0.15) is 32.9 Å². The number of nitriles is 1. The Morgan fingerprint density at radius 1 is 1.00 bits per heavy atom. The molecule has 0 aliphatic carbocycles. The number of rotatable bonds is 4. The Kier molecular flexibility index (Phi) is 5.35. The summed E-state index contributed by atoms with van der Waals surface area (Å²) in [6.45, 7) is 0. The smallest absolute Gasteiger partial charge is 0.294 e. The average molecular weight is 424 g/mol. The molecule has 0 atom stereocenters. The van der Waals surface area contributed by atoms with E-state index in [0.29, 0.717) is 6.07 Å². The zero-order chi connectivity index (χ0) is 22.1. The third-order valence-electron chi connectivity index (χ3n) is 4.02. The molecule has 0 aliphatic rings. The first-order valence-electron chi connectivity index (χ1n) is 8.23. The SMILES string of the molecule is N#Cc1ccc(C(F)(F)F)nc1-n1ccc(CC(=O)c2ccccc2C(F)(F)F)n1. The predicted octanol–water partition coefficient (Wildman–Crippen LogP) is 4.60. The lowest BCUT2D eigenvalue weighted by atomic mass is 10.0. The van der Waals surface area contributed by atoms with Crippen LogP contribution in [0.5, 0.6) is 0 Å². The van der Waals surface area contributed by atoms with Crippen molar-refractivity contribution < 1.29 is 31.1 Å². The number of pyridine rings is 1. The van der Waals surface area contributed by atoms with E-state index < -0.39 is 47.2 Å². The quantitative estimate of drug-likeness (QED) is 0.453. The van der Waals surface area contributed by atoms with Crippen LogP contribution in [-0.4, -0.2) is 20.5 Å². The highest BCUT2D eigenvalue weighted by Gasteiger charge is 2.35. The predicted molar refractivity (Wildman–Crippen MR) is 90.6 cm³/mol. The van der Waals surface area contributed by atoms with Gasteiger partial charge in [-0.05, 0) is 24.3 Å². The number of hydrogen-bond donors (Lipinski definition) is 0. The molecule has 5 nitrogen and oxygen atoms in total. The normalized spacial score (nSPS) is 11.9. The lowest BCUT2D eigenvalue weighted by molar-refractivity contribution is -0.141. The van der Waals surface area contributed by atoms with Crippen LogP contribution in [0.3, 0.4) is 0 Å². The number of ketones is 1. The standard InChI is InChI=1S/C19H10F6N4O/c20-18(21,22)14-4-2-1-3-13(14)15(30)9-12-7-8-29(28-12)17-11(10-26)5-6-16(27-17)19(23,24)25/h1-8H,9H2. The fraction of sp³-hybridized carbons (Fsp3) is 0.158. The van der Waals surface area contributed by atoms with Gasteiger partial charge in [-0.2, -0.15) is 36.7 Å². The summed E-state index contributed by atoms with van der Waals surface area (Å²) in [5.74, 6) is -1.28. The van der Waals surface area contributed by atoms with Crippen molar-refractivity contribution in [1.29, 1.82) is 5.26 Å². The molecule has 0 amide bonds. The molecule has 0 N–H and O–H groups in total. The van der Waals surface area contributed by atoms with Gasteiger partial charge in [0.05, 0.1) is 23.2 Å². The number of nitrogens with zero attached hydrogens (tertiary/aromatic N) is 4. The maximum atomic E-state index is 13.1. The van der Waals surface area contributed by atoms with Crippen molar-refractivity contribution >= 4 is 5.78 Å². The Morgan fingerprint density at radius 2 is 1.70 bits per heavy atom. The lowest BCUT2D eigenvalue weighted by Gasteiger charge is -2.11. The van der Waals surface area contributed by atoms with Crippen molar-refractivity contribution in [3.05, 3.63) is 76.7 Å². The molecule has 11 heteroatoms. The van der Waals surface area contributed by atoms with Gasteiger partial charge in [0, 0.05) is 11.8 Å². The van der Waals surface area contributed by atoms with Crippen LogP contribution in [0.2, 0.25) is 0 Å². The van der Waals surface area contributed by atoms with Crippen molar-refractivity contribution in [2.75, 3.05) is 0 Å². The monoisotopic (exact) mass is 424 g/mol. The molecule has 0 saturated heterocycles. The van der Waals surface area contributed by atoms with Gasteiger partial charge in [-0.3, -0.25) is 4.79 Å². The van der Waals surface area contributed by atoms with Gasteiger partial charge in [-0.15, -0.1) is 0 Å². The summed E-state index contributed by atoms with van der Waals surface area (Å²) in [6.07, 6.45) is -8.84. The summed E-state index contributed by atoms with van der Waals surface area (Å²) in [5.41, 5.74) is -3.09. The maximum absolute atomic E-state index is 13.1. The van der Waals surface area contributed by atoms with E-state index in [-0.39, 0.29) is 11.3 Å². The van der Waals surface area contributed by atoms with Gasteiger partial charge in [-0.25, -0.2) is 9.67 Å². The van der Waals surface area contributed by atoms with Gasteiger partial charge in [0.15, 0.2) is 11.6 Å². The maximum Gasteiger partial charge on any atom is 0.433 e. The topological polar surface area (TPSA) is 71.6 Å². The largest absolute Gasteiger partial charge is 0.433 e. The second-order valence-electron chi connectivity index (χ2n) is 6.07. The van der Waals surface area contributed by atoms with Crippen molar-refractivity contribution in [2.45, 2.75) is 18.8 Å². The minimum absolute atomic E-state index is 0.0000732. The molecule has 1 aromatic carbocycles. The molecule has 0 radical (unpaired) electrons. The Hall–Kier alpha value is -3.68. The van der Waals surface area contributed by atoms with Crippen LogP contribution in [0, 0.1) is 11.3 Å². The van der Waals surface area contributed by atoms with Crippen LogP contribution in [0.15, 0.2) is 48.7 Å². The van der Waals surface area contributed by atoms with E-state index in [0.717, 1.165) is 28.9 Å². The van der Waals surface area contributed by atoms with Gasteiger partial charge < -0.3 is 0 Å². The number of halogens is 6. The van der Waals surface area contributed by atoms with Gasteiger partial charge in [-0.1, -0.05) is 18.2 Å². The fourth-order valence-corrected chi connectivity index (χ4v) is 2.68. The number of hydrogen-bond acceptors (Lipinski definition) is 4. The Labute approximate surface area is 165 Å². The molecule has 0 spiro atoms. The minimum atomic E-state index is -4.75. The molecule has 0 fully saturated rings. The molecule has 0 saturated carbocycles. The van der Waals surface area contributed by atoms with Crippen molar-refractivity contribution in [1.82, 2.24) is 14.8 Å². The van der Waals surface area contributed by atoms with E-state index in [1.807, 2.05) is 0 Å². The number of aromatic nitrogens is 3. The molecule has 2 aromatic heterocycles. The minimum Gasteiger partial charge on any atom is -0.294 e. The summed E-state index contributed by atoms with van der Waals surface area (Å²) < 4.78 is 78.9. The van der Waals surface area contributed by atoms with Crippen molar-refractivity contribution in [3.8, 4) is 11.9 Å². The van der Waals surface area contributed by atoms with Crippen LogP contribution >= 0.6 is 0 Å². The molecule has 0 unspecified atom stereocenters. The molecule has 2 heterocycles. The number of carbonyl (C=O) groups excluding carboxylic acids is 1. The summed E-state index contributed by atoms with van der Waals surface area (Å²) in [4.78, 5) is 15.8. The van der Waals surface area contributed by atoms with E-state index in [1.54, 1.807) is 6.07 Å². The first kappa shape index (κ1) is 21.0. The van der Waals surface area contributed by atoms with Crippen LogP contribution in [0.25, 0.3) is 5.82 Å². The van der Waals surface area contributed by atoms with Gasteiger partial charge in [0.25, 0.3) is 0 Å². The van der Waals surface area contributed by atoms with Gasteiger partial charge in [0.1, 0.15) is 11.8 Å². The number of benzene rings is 1. The average Bonchev–Trinajstić information content (AvgIpc) is 3.14. The van der Waals surface area contributed by atoms with Crippen LogP contribution in [-0.2, 0) is 18.8 Å². The van der Waals surface area contributed by atoms with Gasteiger partial charge in [0.2, 0.25) is 0 Å². The number of alkyl halides is 6. The van der Waals surface area contributed by atoms with Gasteiger partial charge >= 0.3 is 12.4 Å². The molecule has 0 aliphatic heterocycles. The Balaban J connectivity index is 1.92. The van der Waals surface area contributed by atoms with Crippen molar-refractivity contribution in [2.24, 2.45) is 0 Å². The highest BCUT2D eigenvalue weighted by Crippen LogP contribution is 2.32. The molecular weight excluding hydrogens is 414 g/mol. The first-order chi connectivity index (χ1) is 14.0. The Bertz CT molecular complexity index is 1140. The molecule has 0 bridgehead atoms. The molecule has 154 valence electrons. The Morgan fingerprint density at radius 3 is 2.33 bits per heavy atom. The van der Waals surface area contributed by atoms with Crippen LogP contribution < -0.4 is 0 Å². The zero-order valence-corrected chi connectivity index (χ0v) is 14.8. The third kappa shape index (κ3) is 4.32. The highest BCUT2D eigenvalue weighted by atomic mass is 19.4. The van der Waals surface area contributed by atoms with E-state index in [4.69, 9.17) is 5.26 Å².